The van der Waals surface area contributed by atoms with Gasteiger partial charge in [0.05, 0.1) is 22.8 Å². The fourth-order valence-corrected chi connectivity index (χ4v) is 1.91. The van der Waals surface area contributed by atoms with Crippen molar-refractivity contribution in [3.8, 4) is 0 Å². The third-order valence-corrected chi connectivity index (χ3v) is 2.89. The Labute approximate surface area is 111 Å². The molecule has 0 spiro atoms. The number of carbonyl (C=O) groups is 2. The van der Waals surface area contributed by atoms with Crippen LogP contribution in [-0.4, -0.2) is 39.3 Å². The number of carboxylic acid groups (broad SMARTS) is 1. The Morgan fingerprint density at radius 2 is 2.26 bits per heavy atom. The van der Waals surface area contributed by atoms with Gasteiger partial charge in [-0.05, 0) is 6.92 Å². The summed E-state index contributed by atoms with van der Waals surface area (Å²) in [6.45, 7) is 1.87. The van der Waals surface area contributed by atoms with Gasteiger partial charge >= 0.3 is 11.9 Å². The van der Waals surface area contributed by atoms with Crippen molar-refractivity contribution in [2.45, 2.75) is 11.9 Å². The molecular weight excluding hydrogens is 276 g/mol. The molecule has 0 aromatic carbocycles. The number of nitro groups is 1. The number of carboxylic acids is 1. The number of hydrogen-bond donors (Lipinski definition) is 1. The molecule has 1 heterocycles. The van der Waals surface area contributed by atoms with E-state index >= 15 is 0 Å². The zero-order valence-corrected chi connectivity index (χ0v) is 10.7. The molecule has 0 unspecified atom stereocenters. The Hall–Kier alpha value is -2.16. The lowest BCUT2D eigenvalue weighted by molar-refractivity contribution is -0.385. The predicted octanol–water partition coefficient (Wildman–Crippen LogP) is 1.34. The molecule has 0 radical (unpaired) electrons. The molecular formula is C10H10N2O6S. The minimum atomic E-state index is -1.34. The topological polar surface area (TPSA) is 120 Å². The lowest BCUT2D eigenvalue weighted by Crippen LogP contribution is -2.08. The molecule has 1 aromatic heterocycles. The van der Waals surface area contributed by atoms with E-state index in [9.17, 15) is 19.7 Å². The van der Waals surface area contributed by atoms with Crippen LogP contribution in [0.25, 0.3) is 0 Å². The monoisotopic (exact) mass is 286 g/mol. The highest BCUT2D eigenvalue weighted by Crippen LogP contribution is 2.24. The first-order chi connectivity index (χ1) is 8.95. The fourth-order valence-electron chi connectivity index (χ4n) is 1.14. The van der Waals surface area contributed by atoms with Crippen LogP contribution in [0.5, 0.6) is 0 Å². The quantitative estimate of drug-likeness (QED) is 0.360. The average Bonchev–Trinajstić information content (AvgIpc) is 2.36. The van der Waals surface area contributed by atoms with E-state index in [1.807, 2.05) is 0 Å². The van der Waals surface area contributed by atoms with Crippen molar-refractivity contribution in [2.24, 2.45) is 0 Å². The number of ether oxygens (including phenoxy) is 1. The maximum atomic E-state index is 11.1. The zero-order valence-electron chi connectivity index (χ0n) is 9.86. The first-order valence-corrected chi connectivity index (χ1v) is 6.10. The number of esters is 1. The van der Waals surface area contributed by atoms with Crippen LogP contribution < -0.4 is 0 Å². The summed E-state index contributed by atoms with van der Waals surface area (Å²) in [6.07, 6.45) is 0.944. The molecule has 1 aromatic rings. The molecule has 0 saturated carbocycles. The van der Waals surface area contributed by atoms with Crippen LogP contribution in [0.3, 0.4) is 0 Å². The number of pyridine rings is 1. The lowest BCUT2D eigenvalue weighted by Gasteiger charge is -2.04. The highest BCUT2D eigenvalue weighted by Gasteiger charge is 2.18. The molecule has 0 bridgehead atoms. The molecule has 0 aliphatic heterocycles. The summed E-state index contributed by atoms with van der Waals surface area (Å²) in [6, 6.07) is 0.906. The second-order valence-electron chi connectivity index (χ2n) is 3.20. The largest absolute Gasteiger partial charge is 0.478 e. The number of carbonyl (C=O) groups excluding carboxylic acids is 1. The van der Waals surface area contributed by atoms with E-state index in [0.29, 0.717) is 0 Å². The highest BCUT2D eigenvalue weighted by molar-refractivity contribution is 8.00. The smallest absolute Gasteiger partial charge is 0.338 e. The van der Waals surface area contributed by atoms with Crippen molar-refractivity contribution in [2.75, 3.05) is 12.4 Å². The average molecular weight is 286 g/mol. The molecule has 0 atom stereocenters. The Kier molecular flexibility index (Phi) is 5.24. The van der Waals surface area contributed by atoms with Gasteiger partial charge in [-0.2, -0.15) is 0 Å². The molecule has 8 nitrogen and oxygen atoms in total. The number of nitrogens with zero attached hydrogens (tertiary/aromatic N) is 2. The summed E-state index contributed by atoms with van der Waals surface area (Å²) in [5, 5.41) is 19.5. The molecule has 19 heavy (non-hydrogen) atoms. The minimum Gasteiger partial charge on any atom is -0.478 e. The van der Waals surface area contributed by atoms with Crippen LogP contribution >= 0.6 is 11.8 Å². The van der Waals surface area contributed by atoms with Gasteiger partial charge in [-0.25, -0.2) is 9.78 Å². The maximum Gasteiger partial charge on any atom is 0.338 e. The van der Waals surface area contributed by atoms with E-state index < -0.39 is 22.5 Å². The van der Waals surface area contributed by atoms with Gasteiger partial charge in [0.15, 0.2) is 0 Å². The Balaban J connectivity index is 2.91. The van der Waals surface area contributed by atoms with Crippen molar-refractivity contribution in [3.05, 3.63) is 27.9 Å². The Morgan fingerprint density at radius 1 is 1.58 bits per heavy atom. The van der Waals surface area contributed by atoms with Gasteiger partial charge in [-0.3, -0.25) is 14.9 Å². The molecule has 0 fully saturated rings. The van der Waals surface area contributed by atoms with Crippen LogP contribution in [-0.2, 0) is 9.53 Å². The van der Waals surface area contributed by atoms with Crippen molar-refractivity contribution in [1.29, 1.82) is 0 Å². The molecule has 0 amide bonds. The van der Waals surface area contributed by atoms with E-state index in [1.165, 1.54) is 0 Å². The summed E-state index contributed by atoms with van der Waals surface area (Å²) in [4.78, 5) is 35.6. The van der Waals surface area contributed by atoms with Gasteiger partial charge in [0.2, 0.25) is 0 Å². The Bertz CT molecular complexity index is 519. The van der Waals surface area contributed by atoms with Crippen LogP contribution in [0, 0.1) is 10.1 Å². The van der Waals surface area contributed by atoms with E-state index in [2.05, 4.69) is 9.72 Å². The Morgan fingerprint density at radius 3 is 2.79 bits per heavy atom. The van der Waals surface area contributed by atoms with Gasteiger partial charge in [-0.15, -0.1) is 0 Å². The van der Waals surface area contributed by atoms with Gasteiger partial charge in [0.25, 0.3) is 5.69 Å². The van der Waals surface area contributed by atoms with Crippen molar-refractivity contribution >= 4 is 29.4 Å². The first kappa shape index (κ1) is 14.9. The van der Waals surface area contributed by atoms with Gasteiger partial charge < -0.3 is 9.84 Å². The molecule has 1 N–H and O–H groups in total. The van der Waals surface area contributed by atoms with Gasteiger partial charge in [0.1, 0.15) is 11.2 Å². The van der Waals surface area contributed by atoms with E-state index in [1.54, 1.807) is 6.92 Å². The van der Waals surface area contributed by atoms with Crippen molar-refractivity contribution in [1.82, 2.24) is 4.98 Å². The SMILES string of the molecule is CCOC(=O)CSc1ncc([N+](=O)[O-])cc1C(=O)O. The van der Waals surface area contributed by atoms with Gasteiger partial charge in [0, 0.05) is 6.07 Å². The number of hydrogen-bond acceptors (Lipinski definition) is 7. The third-order valence-electron chi connectivity index (χ3n) is 1.91. The summed E-state index contributed by atoms with van der Waals surface area (Å²) < 4.78 is 4.68. The number of aromatic nitrogens is 1. The molecule has 0 saturated heterocycles. The van der Waals surface area contributed by atoms with Crippen molar-refractivity contribution < 1.29 is 24.4 Å². The number of rotatable bonds is 6. The standard InChI is InChI=1S/C10H10N2O6S/c1-2-18-8(13)5-19-9-7(10(14)15)3-6(4-11-9)12(16)17/h3-4H,2,5H2,1H3,(H,14,15). The number of aromatic carboxylic acids is 1. The van der Waals surface area contributed by atoms with Crippen LogP contribution in [0.1, 0.15) is 17.3 Å². The van der Waals surface area contributed by atoms with Crippen LogP contribution in [0.4, 0.5) is 5.69 Å². The normalized spacial score (nSPS) is 9.95. The number of thioether (sulfide) groups is 1. The van der Waals surface area contributed by atoms with Crippen molar-refractivity contribution in [3.63, 3.8) is 0 Å². The molecule has 102 valence electrons. The first-order valence-electron chi connectivity index (χ1n) is 5.11. The van der Waals surface area contributed by atoms with E-state index in [0.717, 1.165) is 24.0 Å². The summed E-state index contributed by atoms with van der Waals surface area (Å²) in [5.41, 5.74) is -0.735. The van der Waals surface area contributed by atoms with E-state index in [-0.39, 0.29) is 22.9 Å². The third kappa shape index (κ3) is 4.21. The minimum absolute atomic E-state index is 0.0335. The highest BCUT2D eigenvalue weighted by atomic mass is 32.2. The molecule has 1 rings (SSSR count). The van der Waals surface area contributed by atoms with Crippen LogP contribution in [0.2, 0.25) is 0 Å². The zero-order chi connectivity index (χ0) is 14.4. The predicted molar refractivity (Wildman–Crippen MR) is 65.2 cm³/mol. The van der Waals surface area contributed by atoms with Crippen LogP contribution in [0.15, 0.2) is 17.3 Å². The molecule has 0 aliphatic carbocycles. The summed E-state index contributed by atoms with van der Waals surface area (Å²) >= 11 is 0.855. The molecule has 9 heteroatoms. The summed E-state index contributed by atoms with van der Waals surface area (Å²) in [7, 11) is 0. The van der Waals surface area contributed by atoms with E-state index in [4.69, 9.17) is 5.11 Å². The maximum absolute atomic E-state index is 11.1. The second kappa shape index (κ2) is 6.69. The lowest BCUT2D eigenvalue weighted by atomic mass is 10.3. The fraction of sp³-hybridized carbons (Fsp3) is 0.300. The second-order valence-corrected chi connectivity index (χ2v) is 4.17. The van der Waals surface area contributed by atoms with Gasteiger partial charge in [-0.1, -0.05) is 11.8 Å². The summed E-state index contributed by atoms with van der Waals surface area (Å²) in [5.74, 6) is -1.97. The molecule has 0 aliphatic rings.